The van der Waals surface area contributed by atoms with E-state index in [1.54, 1.807) is 4.90 Å². The molecule has 1 aromatic heterocycles. The molecule has 0 saturated heterocycles. The summed E-state index contributed by atoms with van der Waals surface area (Å²) in [5.74, 6) is 0.144. The van der Waals surface area contributed by atoms with Crippen LogP contribution in [0.2, 0.25) is 0 Å². The summed E-state index contributed by atoms with van der Waals surface area (Å²) in [4.78, 5) is 13.5. The molecule has 3 nitrogen and oxygen atoms in total. The summed E-state index contributed by atoms with van der Waals surface area (Å²) in [6.45, 7) is 3.84. The number of rotatable bonds is 0. The lowest BCUT2D eigenvalue weighted by Crippen LogP contribution is -2.26. The van der Waals surface area contributed by atoms with Crippen LogP contribution in [0.3, 0.4) is 0 Å². The molecule has 0 fully saturated rings. The highest BCUT2D eigenvalue weighted by molar-refractivity contribution is 5.93. The van der Waals surface area contributed by atoms with Crippen molar-refractivity contribution in [1.82, 2.24) is 9.47 Å². The Hall–Kier alpha value is -1.25. The lowest BCUT2D eigenvalue weighted by Gasteiger charge is -2.12. The second-order valence-electron chi connectivity index (χ2n) is 3.68. The molecule has 0 bridgehead atoms. The molecule has 0 N–H and O–H groups in total. The van der Waals surface area contributed by atoms with Gasteiger partial charge in [0.05, 0.1) is 0 Å². The number of carbonyl (C=O) groups is 1. The van der Waals surface area contributed by atoms with E-state index in [0.29, 0.717) is 0 Å². The maximum absolute atomic E-state index is 11.8. The number of amides is 1. The van der Waals surface area contributed by atoms with Crippen LogP contribution in [-0.4, -0.2) is 29.0 Å². The van der Waals surface area contributed by atoms with Gasteiger partial charge in [-0.2, -0.15) is 0 Å². The van der Waals surface area contributed by atoms with Gasteiger partial charge in [0.1, 0.15) is 5.69 Å². The second kappa shape index (κ2) is 2.91. The van der Waals surface area contributed by atoms with E-state index in [2.05, 4.69) is 4.57 Å². The van der Waals surface area contributed by atoms with Gasteiger partial charge in [0.25, 0.3) is 5.91 Å². The van der Waals surface area contributed by atoms with Gasteiger partial charge < -0.3 is 9.47 Å². The Morgan fingerprint density at radius 2 is 2.15 bits per heavy atom. The summed E-state index contributed by atoms with van der Waals surface area (Å²) in [6, 6.07) is 1.96. The molecule has 3 heteroatoms. The number of aromatic nitrogens is 1. The van der Waals surface area contributed by atoms with Crippen molar-refractivity contribution >= 4 is 5.91 Å². The summed E-state index contributed by atoms with van der Waals surface area (Å²) in [5, 5.41) is 0. The Kier molecular flexibility index (Phi) is 1.87. The molecular weight excluding hydrogens is 164 g/mol. The predicted molar refractivity (Wildman–Crippen MR) is 50.7 cm³/mol. The molecule has 0 saturated carbocycles. The van der Waals surface area contributed by atoms with Crippen molar-refractivity contribution in [2.75, 3.05) is 13.6 Å². The zero-order valence-corrected chi connectivity index (χ0v) is 8.08. The molecule has 0 unspecified atom stereocenters. The van der Waals surface area contributed by atoms with E-state index in [1.807, 2.05) is 26.2 Å². The third kappa shape index (κ3) is 1.34. The topological polar surface area (TPSA) is 25.2 Å². The van der Waals surface area contributed by atoms with E-state index in [9.17, 15) is 4.79 Å². The standard InChI is InChI=1S/C10H14N2O/c1-8-6-9-10(13)11(2)4-3-5-12(9)7-8/h6-7H,3-5H2,1-2H3. The summed E-state index contributed by atoms with van der Waals surface area (Å²) in [6.07, 6.45) is 3.09. The zero-order valence-electron chi connectivity index (χ0n) is 8.08. The van der Waals surface area contributed by atoms with Gasteiger partial charge in [-0.1, -0.05) is 0 Å². The number of aryl methyl sites for hydroxylation is 2. The average Bonchev–Trinajstić information content (AvgIpc) is 2.40. The predicted octanol–water partition coefficient (Wildman–Crippen LogP) is 1.27. The smallest absolute Gasteiger partial charge is 0.270 e. The molecule has 0 aliphatic carbocycles. The number of carbonyl (C=O) groups excluding carboxylic acids is 1. The number of nitrogens with zero attached hydrogens (tertiary/aromatic N) is 2. The summed E-state index contributed by atoms with van der Waals surface area (Å²) < 4.78 is 2.06. The van der Waals surface area contributed by atoms with Gasteiger partial charge in [-0.05, 0) is 25.0 Å². The Morgan fingerprint density at radius 1 is 1.38 bits per heavy atom. The van der Waals surface area contributed by atoms with Gasteiger partial charge in [-0.3, -0.25) is 4.79 Å². The van der Waals surface area contributed by atoms with Crippen molar-refractivity contribution in [2.45, 2.75) is 19.9 Å². The van der Waals surface area contributed by atoms with Crippen LogP contribution in [0.4, 0.5) is 0 Å². The van der Waals surface area contributed by atoms with Crippen LogP contribution in [0, 0.1) is 6.92 Å². The van der Waals surface area contributed by atoms with Crippen molar-refractivity contribution in [3.8, 4) is 0 Å². The highest BCUT2D eigenvalue weighted by Gasteiger charge is 2.19. The highest BCUT2D eigenvalue weighted by Crippen LogP contribution is 2.14. The third-order valence-corrected chi connectivity index (χ3v) is 2.49. The van der Waals surface area contributed by atoms with Crippen molar-refractivity contribution < 1.29 is 4.79 Å². The average molecular weight is 178 g/mol. The van der Waals surface area contributed by atoms with E-state index < -0.39 is 0 Å². The van der Waals surface area contributed by atoms with Gasteiger partial charge in [-0.25, -0.2) is 0 Å². The first-order valence-electron chi connectivity index (χ1n) is 4.61. The second-order valence-corrected chi connectivity index (χ2v) is 3.68. The molecule has 1 aromatic rings. The van der Waals surface area contributed by atoms with Crippen molar-refractivity contribution in [1.29, 1.82) is 0 Å². The Labute approximate surface area is 78.0 Å². The molecule has 13 heavy (non-hydrogen) atoms. The summed E-state index contributed by atoms with van der Waals surface area (Å²) >= 11 is 0. The fraction of sp³-hybridized carbons (Fsp3) is 0.500. The van der Waals surface area contributed by atoms with E-state index in [1.165, 1.54) is 5.56 Å². The lowest BCUT2D eigenvalue weighted by molar-refractivity contribution is 0.0796. The van der Waals surface area contributed by atoms with E-state index >= 15 is 0 Å². The van der Waals surface area contributed by atoms with Crippen molar-refractivity contribution in [3.05, 3.63) is 23.5 Å². The van der Waals surface area contributed by atoms with Crippen LogP contribution in [0.15, 0.2) is 12.3 Å². The zero-order chi connectivity index (χ0) is 9.42. The van der Waals surface area contributed by atoms with Gasteiger partial charge in [0, 0.05) is 26.3 Å². The molecule has 2 rings (SSSR count). The van der Waals surface area contributed by atoms with Crippen molar-refractivity contribution in [2.24, 2.45) is 0 Å². The molecule has 0 atom stereocenters. The van der Waals surface area contributed by atoms with Gasteiger partial charge >= 0.3 is 0 Å². The van der Waals surface area contributed by atoms with Crippen LogP contribution in [-0.2, 0) is 6.54 Å². The molecule has 2 heterocycles. The molecule has 0 radical (unpaired) electrons. The fourth-order valence-corrected chi connectivity index (χ4v) is 1.80. The largest absolute Gasteiger partial charge is 0.343 e. The number of fused-ring (bicyclic) bond motifs is 1. The summed E-state index contributed by atoms with van der Waals surface area (Å²) in [5.41, 5.74) is 2.00. The molecule has 1 amide bonds. The first-order chi connectivity index (χ1) is 6.18. The van der Waals surface area contributed by atoms with Crippen molar-refractivity contribution in [3.63, 3.8) is 0 Å². The van der Waals surface area contributed by atoms with E-state index in [0.717, 1.165) is 25.2 Å². The molecule has 70 valence electrons. The van der Waals surface area contributed by atoms with Gasteiger partial charge in [0.15, 0.2) is 0 Å². The van der Waals surface area contributed by atoms with Crippen LogP contribution in [0.1, 0.15) is 22.5 Å². The summed E-state index contributed by atoms with van der Waals surface area (Å²) in [7, 11) is 1.86. The minimum Gasteiger partial charge on any atom is -0.343 e. The van der Waals surface area contributed by atoms with Gasteiger partial charge in [-0.15, -0.1) is 0 Å². The SMILES string of the molecule is Cc1cc2n(c1)CCCN(C)C2=O. The molecule has 0 spiro atoms. The highest BCUT2D eigenvalue weighted by atomic mass is 16.2. The maximum Gasteiger partial charge on any atom is 0.270 e. The number of hydrogen-bond donors (Lipinski definition) is 0. The Balaban J connectivity index is 2.45. The van der Waals surface area contributed by atoms with Crippen LogP contribution < -0.4 is 0 Å². The minimum absolute atomic E-state index is 0.144. The first kappa shape index (κ1) is 8.35. The Bertz CT molecular complexity index is 341. The van der Waals surface area contributed by atoms with Gasteiger partial charge in [0.2, 0.25) is 0 Å². The van der Waals surface area contributed by atoms with Crippen LogP contribution in [0.5, 0.6) is 0 Å². The van der Waals surface area contributed by atoms with Crippen LogP contribution >= 0.6 is 0 Å². The van der Waals surface area contributed by atoms with E-state index in [4.69, 9.17) is 0 Å². The number of hydrogen-bond acceptors (Lipinski definition) is 1. The minimum atomic E-state index is 0.144. The molecular formula is C10H14N2O. The van der Waals surface area contributed by atoms with Crippen LogP contribution in [0.25, 0.3) is 0 Å². The first-order valence-corrected chi connectivity index (χ1v) is 4.61. The fourth-order valence-electron chi connectivity index (χ4n) is 1.80. The maximum atomic E-state index is 11.8. The Morgan fingerprint density at radius 3 is 2.92 bits per heavy atom. The normalized spacial score (nSPS) is 17.1. The lowest BCUT2D eigenvalue weighted by atomic mass is 10.3. The molecule has 1 aliphatic rings. The van der Waals surface area contributed by atoms with E-state index in [-0.39, 0.29) is 5.91 Å². The third-order valence-electron chi connectivity index (χ3n) is 2.49. The monoisotopic (exact) mass is 178 g/mol. The molecule has 1 aliphatic heterocycles. The molecule has 0 aromatic carbocycles. The quantitative estimate of drug-likeness (QED) is 0.587.